The van der Waals surface area contributed by atoms with E-state index >= 15 is 0 Å². The summed E-state index contributed by atoms with van der Waals surface area (Å²) < 4.78 is 0. The van der Waals surface area contributed by atoms with Gasteiger partial charge >= 0.3 is 0 Å². The number of fused-ring (bicyclic) bond motifs is 1. The molecule has 0 saturated heterocycles. The van der Waals surface area contributed by atoms with Crippen LogP contribution in [-0.2, 0) is 4.79 Å². The Labute approximate surface area is 65.3 Å². The second kappa shape index (κ2) is 2.38. The standard InChI is InChI=1S/C9H9NO/c11-9-6-5-7-3-1-2-4-8(7)10-9/h1-2,4-7H,3H2,(H,10,11). The second-order valence-electron chi connectivity index (χ2n) is 2.74. The molecule has 2 rings (SSSR count). The van der Waals surface area contributed by atoms with Crippen molar-refractivity contribution in [2.24, 2.45) is 5.92 Å². The number of hydrogen-bond donors (Lipinski definition) is 1. The maximum Gasteiger partial charge on any atom is 0.247 e. The van der Waals surface area contributed by atoms with Gasteiger partial charge in [0.2, 0.25) is 5.91 Å². The smallest absolute Gasteiger partial charge is 0.247 e. The molecule has 0 spiro atoms. The highest BCUT2D eigenvalue weighted by Crippen LogP contribution is 2.21. The minimum Gasteiger partial charge on any atom is -0.326 e. The van der Waals surface area contributed by atoms with Crippen molar-refractivity contribution in [3.05, 3.63) is 36.1 Å². The molecule has 1 aliphatic carbocycles. The number of carbonyl (C=O) groups excluding carboxylic acids is 1. The first-order valence-electron chi connectivity index (χ1n) is 3.72. The first-order valence-corrected chi connectivity index (χ1v) is 3.72. The zero-order chi connectivity index (χ0) is 7.68. The highest BCUT2D eigenvalue weighted by atomic mass is 16.1. The number of hydrogen-bond acceptors (Lipinski definition) is 1. The molecule has 0 saturated carbocycles. The van der Waals surface area contributed by atoms with E-state index < -0.39 is 0 Å². The van der Waals surface area contributed by atoms with E-state index in [2.05, 4.69) is 11.4 Å². The summed E-state index contributed by atoms with van der Waals surface area (Å²) in [5.74, 6) is 0.389. The molecule has 0 radical (unpaired) electrons. The van der Waals surface area contributed by atoms with Crippen LogP contribution in [0.4, 0.5) is 0 Å². The number of amides is 1. The predicted octanol–water partition coefficient (Wildman–Crippen LogP) is 1.13. The molecule has 0 aromatic heterocycles. The lowest BCUT2D eigenvalue weighted by atomic mass is 9.94. The molecule has 2 nitrogen and oxygen atoms in total. The molecule has 2 heteroatoms. The predicted molar refractivity (Wildman–Crippen MR) is 42.6 cm³/mol. The molecular formula is C9H9NO. The zero-order valence-corrected chi connectivity index (χ0v) is 6.08. The van der Waals surface area contributed by atoms with Crippen LogP contribution >= 0.6 is 0 Å². The highest BCUT2D eigenvalue weighted by molar-refractivity contribution is 5.90. The van der Waals surface area contributed by atoms with Crippen molar-refractivity contribution in [3.63, 3.8) is 0 Å². The van der Waals surface area contributed by atoms with Crippen LogP contribution in [0.15, 0.2) is 36.1 Å². The summed E-state index contributed by atoms with van der Waals surface area (Å²) in [6, 6.07) is 0. The van der Waals surface area contributed by atoms with Gasteiger partial charge in [-0.1, -0.05) is 18.2 Å². The maximum atomic E-state index is 10.9. The van der Waals surface area contributed by atoms with Gasteiger partial charge in [-0.15, -0.1) is 0 Å². The third-order valence-corrected chi connectivity index (χ3v) is 1.95. The molecular weight excluding hydrogens is 138 g/mol. The molecule has 0 aromatic rings. The van der Waals surface area contributed by atoms with Crippen molar-refractivity contribution in [2.75, 3.05) is 0 Å². The summed E-state index contributed by atoms with van der Waals surface area (Å²) in [6.07, 6.45) is 10.6. The highest BCUT2D eigenvalue weighted by Gasteiger charge is 2.17. The topological polar surface area (TPSA) is 29.1 Å². The molecule has 1 N–H and O–H groups in total. The van der Waals surface area contributed by atoms with Gasteiger partial charge in [-0.2, -0.15) is 0 Å². The molecule has 1 aliphatic heterocycles. The number of carbonyl (C=O) groups is 1. The fraction of sp³-hybridized carbons (Fsp3) is 0.222. The summed E-state index contributed by atoms with van der Waals surface area (Å²) in [5.41, 5.74) is 1.03. The first-order chi connectivity index (χ1) is 5.36. The van der Waals surface area contributed by atoms with Crippen molar-refractivity contribution in [1.29, 1.82) is 0 Å². The van der Waals surface area contributed by atoms with Crippen molar-refractivity contribution >= 4 is 5.91 Å². The van der Waals surface area contributed by atoms with Gasteiger partial charge in [-0.05, 0) is 18.6 Å². The van der Waals surface area contributed by atoms with Gasteiger partial charge in [0, 0.05) is 11.6 Å². The molecule has 0 fully saturated rings. The van der Waals surface area contributed by atoms with Crippen molar-refractivity contribution < 1.29 is 4.79 Å². The van der Waals surface area contributed by atoms with E-state index in [4.69, 9.17) is 0 Å². The van der Waals surface area contributed by atoms with Crippen LogP contribution in [0.5, 0.6) is 0 Å². The van der Waals surface area contributed by atoms with Crippen LogP contribution in [0.3, 0.4) is 0 Å². The minimum absolute atomic E-state index is 0.0113. The van der Waals surface area contributed by atoms with E-state index in [0.29, 0.717) is 5.92 Å². The largest absolute Gasteiger partial charge is 0.326 e. The van der Waals surface area contributed by atoms with E-state index in [1.807, 2.05) is 18.2 Å². The fourth-order valence-electron chi connectivity index (χ4n) is 1.35. The monoisotopic (exact) mass is 147 g/mol. The quantitative estimate of drug-likeness (QED) is 0.546. The van der Waals surface area contributed by atoms with Crippen LogP contribution in [0, 0.1) is 5.92 Å². The normalized spacial score (nSPS) is 27.5. The first kappa shape index (κ1) is 6.40. The van der Waals surface area contributed by atoms with Crippen LogP contribution in [-0.4, -0.2) is 5.91 Å². The summed E-state index contributed by atoms with van der Waals surface area (Å²) in [4.78, 5) is 10.9. The Hall–Kier alpha value is -1.31. The minimum atomic E-state index is -0.0113. The Morgan fingerprint density at radius 2 is 2.45 bits per heavy atom. The zero-order valence-electron chi connectivity index (χ0n) is 6.08. The fourth-order valence-corrected chi connectivity index (χ4v) is 1.35. The molecule has 1 atom stereocenters. The number of rotatable bonds is 0. The van der Waals surface area contributed by atoms with Gasteiger partial charge in [0.05, 0.1) is 0 Å². The summed E-state index contributed by atoms with van der Waals surface area (Å²) in [7, 11) is 0. The SMILES string of the molecule is O=C1C=CC2CC=CC=C2N1. The van der Waals surface area contributed by atoms with Gasteiger partial charge in [0.15, 0.2) is 0 Å². The van der Waals surface area contributed by atoms with Crippen LogP contribution < -0.4 is 5.32 Å². The molecule has 56 valence electrons. The van der Waals surface area contributed by atoms with Crippen LogP contribution in [0.25, 0.3) is 0 Å². The Morgan fingerprint density at radius 1 is 1.55 bits per heavy atom. The molecule has 0 bridgehead atoms. The van der Waals surface area contributed by atoms with Crippen LogP contribution in [0.2, 0.25) is 0 Å². The van der Waals surface area contributed by atoms with Gasteiger partial charge in [0.1, 0.15) is 0 Å². The number of nitrogens with one attached hydrogen (secondary N) is 1. The lowest BCUT2D eigenvalue weighted by molar-refractivity contribution is -0.116. The third kappa shape index (κ3) is 1.11. The Bertz CT molecular complexity index is 273. The molecule has 2 aliphatic rings. The van der Waals surface area contributed by atoms with Crippen LogP contribution in [0.1, 0.15) is 6.42 Å². The number of allylic oxidation sites excluding steroid dienone is 4. The lowest BCUT2D eigenvalue weighted by Crippen LogP contribution is -2.29. The lowest BCUT2D eigenvalue weighted by Gasteiger charge is -2.21. The molecule has 1 heterocycles. The molecule has 1 unspecified atom stereocenters. The van der Waals surface area contributed by atoms with E-state index in [1.165, 1.54) is 0 Å². The molecule has 0 aromatic carbocycles. The third-order valence-electron chi connectivity index (χ3n) is 1.95. The van der Waals surface area contributed by atoms with E-state index in [0.717, 1.165) is 12.1 Å². The van der Waals surface area contributed by atoms with Gasteiger partial charge in [-0.3, -0.25) is 4.79 Å². The molecule has 11 heavy (non-hydrogen) atoms. The van der Waals surface area contributed by atoms with Crippen molar-refractivity contribution in [2.45, 2.75) is 6.42 Å². The van der Waals surface area contributed by atoms with Gasteiger partial charge in [-0.25, -0.2) is 0 Å². The van der Waals surface area contributed by atoms with E-state index in [-0.39, 0.29) is 5.91 Å². The summed E-state index contributed by atoms with van der Waals surface area (Å²) >= 11 is 0. The van der Waals surface area contributed by atoms with Crippen molar-refractivity contribution in [1.82, 2.24) is 5.32 Å². The van der Waals surface area contributed by atoms with E-state index in [9.17, 15) is 4.79 Å². The van der Waals surface area contributed by atoms with E-state index in [1.54, 1.807) is 6.08 Å². The Balaban J connectivity index is 2.31. The maximum absolute atomic E-state index is 10.9. The molecule has 1 amide bonds. The van der Waals surface area contributed by atoms with Crippen molar-refractivity contribution in [3.8, 4) is 0 Å². The second-order valence-corrected chi connectivity index (χ2v) is 2.74. The summed E-state index contributed by atoms with van der Waals surface area (Å²) in [5, 5.41) is 2.80. The average molecular weight is 147 g/mol. The summed E-state index contributed by atoms with van der Waals surface area (Å²) in [6.45, 7) is 0. The van der Waals surface area contributed by atoms with Gasteiger partial charge < -0.3 is 5.32 Å². The van der Waals surface area contributed by atoms with Gasteiger partial charge in [0.25, 0.3) is 0 Å². The average Bonchev–Trinajstić information content (AvgIpc) is 2.04. The Morgan fingerprint density at radius 3 is 3.36 bits per heavy atom. The Kier molecular flexibility index (Phi) is 1.39.